The maximum atomic E-state index is 2.68. The summed E-state index contributed by atoms with van der Waals surface area (Å²) in [6.45, 7) is 0. The number of hydrogen-bond donors (Lipinski definition) is 0. The number of allylic oxidation sites excluding steroid dienone is 8. The van der Waals surface area contributed by atoms with Crippen molar-refractivity contribution in [3.63, 3.8) is 0 Å². The van der Waals surface area contributed by atoms with Gasteiger partial charge in [-0.3, -0.25) is 0 Å². The van der Waals surface area contributed by atoms with Gasteiger partial charge in [-0.25, -0.2) is 0 Å². The summed E-state index contributed by atoms with van der Waals surface area (Å²) in [6, 6.07) is 43.3. The summed E-state index contributed by atoms with van der Waals surface area (Å²) in [5.41, 5.74) is 5.86. The molecule has 0 saturated carbocycles. The summed E-state index contributed by atoms with van der Waals surface area (Å²) in [7, 11) is -1.54. The van der Waals surface area contributed by atoms with E-state index < -0.39 is 28.4 Å². The molecule has 4 heteroatoms. The molecule has 0 aliphatic heterocycles. The summed E-state index contributed by atoms with van der Waals surface area (Å²) >= 11 is -2.46. The first-order chi connectivity index (χ1) is 19.3. The van der Waals surface area contributed by atoms with Crippen LogP contribution in [0.25, 0.3) is 32.7 Å². The zero-order valence-corrected chi connectivity index (χ0v) is 30.2. The van der Waals surface area contributed by atoms with Crippen molar-refractivity contribution in [3.8, 4) is 0 Å². The first-order valence-corrected chi connectivity index (χ1v) is 30.9. The number of halogens is 2. The molecule has 0 radical (unpaired) electrons. The van der Waals surface area contributed by atoms with Crippen LogP contribution in [0, 0.1) is 0 Å². The number of rotatable bonds is 5. The van der Waals surface area contributed by atoms with Crippen LogP contribution >= 0.6 is 0 Å². The normalized spacial score (nSPS) is 13.8. The summed E-state index contributed by atoms with van der Waals surface area (Å²) in [5.74, 6) is 2.68. The summed E-state index contributed by atoms with van der Waals surface area (Å²) in [6.07, 6.45) is 12.0. The first kappa shape index (κ1) is 30.0. The van der Waals surface area contributed by atoms with Gasteiger partial charge in [0.2, 0.25) is 0 Å². The van der Waals surface area contributed by atoms with Crippen molar-refractivity contribution in [2.45, 2.75) is 18.6 Å². The largest absolute Gasteiger partial charge is 1.00 e. The van der Waals surface area contributed by atoms with Crippen molar-refractivity contribution in [2.24, 2.45) is 0 Å². The fraction of sp³-hybridized carbons (Fsp3) is 0.0811. The van der Waals surface area contributed by atoms with Crippen molar-refractivity contribution in [3.05, 3.63) is 157 Å². The minimum Gasteiger partial charge on any atom is -1.00 e. The summed E-state index contributed by atoms with van der Waals surface area (Å²) < 4.78 is 5.32. The van der Waals surface area contributed by atoms with E-state index in [2.05, 4.69) is 145 Å². The van der Waals surface area contributed by atoms with Crippen molar-refractivity contribution < 1.29 is 43.2 Å². The predicted octanol–water partition coefficient (Wildman–Crippen LogP) is 3.19. The molecule has 0 aromatic heterocycles. The molecule has 0 nitrogen and oxygen atoms in total. The van der Waals surface area contributed by atoms with E-state index in [-0.39, 0.29) is 24.8 Å². The van der Waals surface area contributed by atoms with Crippen LogP contribution in [-0.2, 0) is 18.3 Å². The maximum absolute atomic E-state index is 2.68. The molecule has 0 fully saturated rings. The van der Waals surface area contributed by atoms with Crippen LogP contribution in [0.3, 0.4) is 0 Å². The molecule has 0 spiro atoms. The van der Waals surface area contributed by atoms with E-state index in [1.54, 1.807) is 4.40 Å². The molecule has 0 N–H and O–H groups in total. The second kappa shape index (κ2) is 13.3. The molecule has 7 rings (SSSR count). The van der Waals surface area contributed by atoms with Gasteiger partial charge in [-0.1, -0.05) is 0 Å². The first-order valence-electron chi connectivity index (χ1n) is 13.8. The third-order valence-electron chi connectivity index (χ3n) is 8.17. The third kappa shape index (κ3) is 5.93. The molecule has 41 heavy (non-hydrogen) atoms. The average molecular weight is 797 g/mol. The van der Waals surface area contributed by atoms with Gasteiger partial charge < -0.3 is 24.8 Å². The molecule has 0 bridgehead atoms. The molecule has 2 aliphatic carbocycles. The Labute approximate surface area is 264 Å². The molecule has 200 valence electrons. The number of benzene rings is 5. The molecule has 0 atom stereocenters. The van der Waals surface area contributed by atoms with E-state index in [0.29, 0.717) is 0 Å². The third-order valence-corrected chi connectivity index (χ3v) is 49.8. The Hall–Kier alpha value is -2.43. The summed E-state index contributed by atoms with van der Waals surface area (Å²) in [5, 5.41) is 5.31. The minimum atomic E-state index is -2.46. The molecule has 0 heterocycles. The molecule has 0 saturated heterocycles. The molecule has 0 amide bonds. The van der Waals surface area contributed by atoms with Gasteiger partial charge in [0, 0.05) is 0 Å². The van der Waals surface area contributed by atoms with E-state index in [1.165, 1.54) is 43.8 Å². The van der Waals surface area contributed by atoms with Gasteiger partial charge in [-0.05, 0) is 0 Å². The van der Waals surface area contributed by atoms with Crippen LogP contribution in [0.5, 0.6) is 0 Å². The van der Waals surface area contributed by atoms with Gasteiger partial charge in [0.25, 0.3) is 0 Å². The van der Waals surface area contributed by atoms with E-state index in [9.17, 15) is 0 Å². The van der Waals surface area contributed by atoms with Crippen LogP contribution in [0.4, 0.5) is 0 Å². The van der Waals surface area contributed by atoms with Gasteiger partial charge in [0.05, 0.1) is 0 Å². The van der Waals surface area contributed by atoms with E-state index in [0.717, 1.165) is 12.8 Å². The van der Waals surface area contributed by atoms with E-state index in [4.69, 9.17) is 0 Å². The molecule has 0 unspecified atom stereocenters. The number of fused-ring (bicyclic) bond motifs is 2. The Morgan fingerprint density at radius 1 is 0.512 bits per heavy atom. The Morgan fingerprint density at radius 3 is 1.44 bits per heavy atom. The zero-order chi connectivity index (χ0) is 26.2. The van der Waals surface area contributed by atoms with Crippen LogP contribution in [-0.4, -0.2) is 10.1 Å². The maximum Gasteiger partial charge on any atom is -1.00 e. The Balaban J connectivity index is 0.00000169. The van der Waals surface area contributed by atoms with Crippen LogP contribution in [0.15, 0.2) is 146 Å². The van der Waals surface area contributed by atoms with Gasteiger partial charge in [-0.15, -0.1) is 0 Å². The van der Waals surface area contributed by atoms with Gasteiger partial charge in [0.1, 0.15) is 0 Å². The van der Waals surface area contributed by atoms with Crippen LogP contribution < -0.4 is 29.2 Å². The zero-order valence-electron chi connectivity index (χ0n) is 22.9. The molecular formula is C37H30Cl2GeHf. The van der Waals surface area contributed by atoms with E-state index >= 15 is 0 Å². The standard InChI is InChI=1S/2C15H11.C7H8Ge.2ClH.Hf/c2*1-2-6-12(5-1)15-10-9-13-7-3-4-8-14(13)11-15;1-8-7-5-3-2-4-6-7;;;/h2*1,3-5,7-11H,2H2;2-6H,1H3;2*1H;/q;;;;;+2/p-2. The van der Waals surface area contributed by atoms with Crippen LogP contribution in [0.2, 0.25) is 5.76 Å². The van der Waals surface area contributed by atoms with Crippen LogP contribution in [0.1, 0.15) is 24.0 Å². The molecular weight excluding hydrogens is 766 g/mol. The predicted molar refractivity (Wildman–Crippen MR) is 167 cm³/mol. The Morgan fingerprint density at radius 2 is 0.951 bits per heavy atom. The smallest absolute Gasteiger partial charge is 1.00 e. The second-order valence-corrected chi connectivity index (χ2v) is 43.9. The van der Waals surface area contributed by atoms with Crippen molar-refractivity contribution in [2.75, 3.05) is 0 Å². The topological polar surface area (TPSA) is 0 Å². The molecule has 2 aliphatic rings. The van der Waals surface area contributed by atoms with Crippen molar-refractivity contribution in [1.29, 1.82) is 0 Å². The van der Waals surface area contributed by atoms with Crippen molar-refractivity contribution in [1.82, 2.24) is 0 Å². The van der Waals surface area contributed by atoms with Gasteiger partial charge in [-0.2, -0.15) is 0 Å². The molecule has 5 aromatic rings. The minimum absolute atomic E-state index is 0. The SMILES string of the molecule is [CH3][Ge]([c]1ccccc1)=[Hf+2]([C]1=C(c2ccc3ccccc3c2)C=CC1)[C]1=C(c2ccc3ccccc3c2)C=CC1.[Cl-].[Cl-]. The summed E-state index contributed by atoms with van der Waals surface area (Å²) in [4.78, 5) is 0. The monoisotopic (exact) mass is 798 g/mol. The quantitative estimate of drug-likeness (QED) is 0.240. The fourth-order valence-corrected chi connectivity index (χ4v) is 50.9. The fourth-order valence-electron chi connectivity index (χ4n) is 6.21. The Kier molecular flexibility index (Phi) is 9.71. The van der Waals surface area contributed by atoms with Gasteiger partial charge in [0.15, 0.2) is 0 Å². The second-order valence-electron chi connectivity index (χ2n) is 10.5. The van der Waals surface area contributed by atoms with E-state index in [1.807, 2.05) is 6.66 Å². The number of hydrogen-bond acceptors (Lipinski definition) is 0. The Bertz CT molecular complexity index is 1800. The average Bonchev–Trinajstić information content (AvgIpc) is 3.68. The van der Waals surface area contributed by atoms with Crippen molar-refractivity contribution >= 4 is 47.1 Å². The molecule has 5 aromatic carbocycles. The van der Waals surface area contributed by atoms with Gasteiger partial charge >= 0.3 is 241 Å².